The monoisotopic (exact) mass is 208 g/mol. The highest BCUT2D eigenvalue weighted by molar-refractivity contribution is 5.72. The Balaban J connectivity index is 2.72. The van der Waals surface area contributed by atoms with Gasteiger partial charge in [0, 0.05) is 6.54 Å². The Morgan fingerprint density at radius 1 is 1.47 bits per heavy atom. The zero-order valence-electron chi connectivity index (χ0n) is 9.00. The summed E-state index contributed by atoms with van der Waals surface area (Å²) < 4.78 is 0. The van der Waals surface area contributed by atoms with Crippen molar-refractivity contribution in [1.82, 2.24) is 0 Å². The van der Waals surface area contributed by atoms with Gasteiger partial charge in [0.15, 0.2) is 0 Å². The fourth-order valence-corrected chi connectivity index (χ4v) is 1.43. The molecule has 0 amide bonds. The van der Waals surface area contributed by atoms with Gasteiger partial charge in [0.1, 0.15) is 0 Å². The van der Waals surface area contributed by atoms with Gasteiger partial charge >= 0.3 is 5.97 Å². The molecule has 0 aliphatic rings. The van der Waals surface area contributed by atoms with Crippen molar-refractivity contribution in [2.24, 2.45) is 0 Å². The van der Waals surface area contributed by atoms with E-state index in [0.29, 0.717) is 12.2 Å². The molecule has 1 rings (SSSR count). The number of hydrogen-bond acceptors (Lipinski definition) is 3. The maximum atomic E-state index is 10.3. The Kier molecular flexibility index (Phi) is 3.55. The molecule has 1 aromatic carbocycles. The Hall–Kier alpha value is -1.71. The number of nitrogens with two attached hydrogens (primary N) is 1. The number of nitrogens with one attached hydrogen (secondary N) is 1. The molecule has 1 aromatic rings. The van der Waals surface area contributed by atoms with E-state index in [0.717, 1.165) is 16.8 Å². The second-order valence-corrected chi connectivity index (χ2v) is 3.61. The molecule has 0 aliphatic heterocycles. The van der Waals surface area contributed by atoms with E-state index in [4.69, 9.17) is 10.8 Å². The summed E-state index contributed by atoms with van der Waals surface area (Å²) in [5, 5.41) is 11.5. The molecule has 0 spiro atoms. The second-order valence-electron chi connectivity index (χ2n) is 3.61. The lowest BCUT2D eigenvalue weighted by Gasteiger charge is -2.11. The molecule has 0 unspecified atom stereocenters. The fourth-order valence-electron chi connectivity index (χ4n) is 1.43. The number of carboxylic acid groups (broad SMARTS) is 1. The fraction of sp³-hybridized carbons (Fsp3) is 0.364. The summed E-state index contributed by atoms with van der Waals surface area (Å²) in [5.74, 6) is -0.814. The van der Waals surface area contributed by atoms with Crippen molar-refractivity contribution in [3.63, 3.8) is 0 Å². The van der Waals surface area contributed by atoms with E-state index in [2.05, 4.69) is 5.32 Å². The molecule has 0 radical (unpaired) electrons. The maximum Gasteiger partial charge on any atom is 0.305 e. The zero-order valence-corrected chi connectivity index (χ0v) is 9.00. The Labute approximate surface area is 89.1 Å². The van der Waals surface area contributed by atoms with E-state index in [1.807, 2.05) is 26.0 Å². The standard InChI is InChI=1S/C11H16N2O2/c1-7-5-8(2)11(12)9(6-7)13-4-3-10(14)15/h5-6,13H,3-4,12H2,1-2H3,(H,14,15). The summed E-state index contributed by atoms with van der Waals surface area (Å²) in [6, 6.07) is 3.92. The Morgan fingerprint density at radius 3 is 2.73 bits per heavy atom. The van der Waals surface area contributed by atoms with E-state index >= 15 is 0 Å². The van der Waals surface area contributed by atoms with Crippen LogP contribution in [0.2, 0.25) is 0 Å². The molecule has 0 heterocycles. The smallest absolute Gasteiger partial charge is 0.305 e. The number of benzene rings is 1. The number of nitrogen functional groups attached to an aromatic ring is 1. The largest absolute Gasteiger partial charge is 0.481 e. The van der Waals surface area contributed by atoms with E-state index in [1.54, 1.807) is 0 Å². The number of carbonyl (C=O) groups is 1. The third kappa shape index (κ3) is 3.16. The van der Waals surface area contributed by atoms with Crippen molar-refractivity contribution in [1.29, 1.82) is 0 Å². The summed E-state index contributed by atoms with van der Waals surface area (Å²) in [4.78, 5) is 10.3. The minimum absolute atomic E-state index is 0.0897. The van der Waals surface area contributed by atoms with Crippen molar-refractivity contribution in [3.8, 4) is 0 Å². The zero-order chi connectivity index (χ0) is 11.4. The number of aliphatic carboxylic acids is 1. The van der Waals surface area contributed by atoms with E-state index < -0.39 is 5.97 Å². The molecule has 0 saturated carbocycles. The van der Waals surface area contributed by atoms with Crippen molar-refractivity contribution in [2.45, 2.75) is 20.3 Å². The van der Waals surface area contributed by atoms with E-state index in [1.165, 1.54) is 0 Å². The van der Waals surface area contributed by atoms with Crippen molar-refractivity contribution >= 4 is 17.3 Å². The van der Waals surface area contributed by atoms with Crippen LogP contribution in [0.4, 0.5) is 11.4 Å². The van der Waals surface area contributed by atoms with Gasteiger partial charge in [-0.15, -0.1) is 0 Å². The minimum atomic E-state index is -0.814. The van der Waals surface area contributed by atoms with Gasteiger partial charge in [-0.1, -0.05) is 6.07 Å². The Morgan fingerprint density at radius 2 is 2.13 bits per heavy atom. The van der Waals surface area contributed by atoms with Gasteiger partial charge < -0.3 is 16.2 Å². The predicted molar refractivity (Wildman–Crippen MR) is 61.1 cm³/mol. The summed E-state index contributed by atoms with van der Waals surface area (Å²) in [7, 11) is 0. The van der Waals surface area contributed by atoms with Crippen LogP contribution >= 0.6 is 0 Å². The van der Waals surface area contributed by atoms with Crippen LogP contribution in [-0.4, -0.2) is 17.6 Å². The molecule has 0 aromatic heterocycles. The molecule has 15 heavy (non-hydrogen) atoms. The van der Waals surface area contributed by atoms with Crippen LogP contribution in [0.25, 0.3) is 0 Å². The quantitative estimate of drug-likeness (QED) is 0.659. The number of aryl methyl sites for hydroxylation is 2. The molecule has 4 nitrogen and oxygen atoms in total. The van der Waals surface area contributed by atoms with Crippen LogP contribution in [0.15, 0.2) is 12.1 Å². The van der Waals surface area contributed by atoms with Crippen molar-refractivity contribution in [2.75, 3.05) is 17.6 Å². The molecular formula is C11H16N2O2. The van der Waals surface area contributed by atoms with Gasteiger partial charge in [-0.2, -0.15) is 0 Å². The SMILES string of the molecule is Cc1cc(C)c(N)c(NCCC(=O)O)c1. The average Bonchev–Trinajstić information content (AvgIpc) is 2.12. The normalized spacial score (nSPS) is 10.0. The van der Waals surface area contributed by atoms with Crippen molar-refractivity contribution < 1.29 is 9.90 Å². The van der Waals surface area contributed by atoms with Crippen LogP contribution in [0, 0.1) is 13.8 Å². The van der Waals surface area contributed by atoms with Crippen LogP contribution in [-0.2, 0) is 4.79 Å². The molecule has 0 saturated heterocycles. The average molecular weight is 208 g/mol. The lowest BCUT2D eigenvalue weighted by Crippen LogP contribution is -2.09. The van der Waals surface area contributed by atoms with Gasteiger partial charge in [-0.25, -0.2) is 0 Å². The third-order valence-electron chi connectivity index (χ3n) is 2.19. The molecule has 4 N–H and O–H groups in total. The number of anilines is 2. The second kappa shape index (κ2) is 4.68. The highest BCUT2D eigenvalue weighted by atomic mass is 16.4. The third-order valence-corrected chi connectivity index (χ3v) is 2.19. The number of hydrogen-bond donors (Lipinski definition) is 3. The number of rotatable bonds is 4. The summed E-state index contributed by atoms with van der Waals surface area (Å²) in [6.07, 6.45) is 0.0897. The molecule has 0 fully saturated rings. The van der Waals surface area contributed by atoms with Gasteiger partial charge in [0.2, 0.25) is 0 Å². The van der Waals surface area contributed by atoms with Crippen LogP contribution in [0.1, 0.15) is 17.5 Å². The van der Waals surface area contributed by atoms with E-state index in [9.17, 15) is 4.79 Å². The molecule has 4 heteroatoms. The first-order chi connectivity index (χ1) is 7.00. The lowest BCUT2D eigenvalue weighted by atomic mass is 10.1. The van der Waals surface area contributed by atoms with Gasteiger partial charge in [0.05, 0.1) is 17.8 Å². The first kappa shape index (κ1) is 11.4. The lowest BCUT2D eigenvalue weighted by molar-refractivity contribution is -0.136. The van der Waals surface area contributed by atoms with Crippen LogP contribution in [0.3, 0.4) is 0 Å². The number of carboxylic acids is 1. The van der Waals surface area contributed by atoms with Crippen molar-refractivity contribution in [3.05, 3.63) is 23.3 Å². The molecule has 0 atom stereocenters. The maximum absolute atomic E-state index is 10.3. The molecular weight excluding hydrogens is 192 g/mol. The van der Waals surface area contributed by atoms with Gasteiger partial charge in [-0.05, 0) is 31.0 Å². The van der Waals surface area contributed by atoms with E-state index in [-0.39, 0.29) is 6.42 Å². The molecule has 0 bridgehead atoms. The predicted octanol–water partition coefficient (Wildman–Crippen LogP) is 1.77. The highest BCUT2D eigenvalue weighted by Gasteiger charge is 2.03. The first-order valence-corrected chi connectivity index (χ1v) is 4.83. The van der Waals surface area contributed by atoms with Gasteiger partial charge in [-0.3, -0.25) is 4.79 Å². The highest BCUT2D eigenvalue weighted by Crippen LogP contribution is 2.24. The van der Waals surface area contributed by atoms with Crippen LogP contribution < -0.4 is 11.1 Å². The summed E-state index contributed by atoms with van der Waals surface area (Å²) in [5.41, 5.74) is 9.48. The molecule has 0 aliphatic carbocycles. The topological polar surface area (TPSA) is 75.3 Å². The molecule has 82 valence electrons. The minimum Gasteiger partial charge on any atom is -0.481 e. The Bertz CT molecular complexity index is 375. The summed E-state index contributed by atoms with van der Waals surface area (Å²) >= 11 is 0. The van der Waals surface area contributed by atoms with Crippen LogP contribution in [0.5, 0.6) is 0 Å². The van der Waals surface area contributed by atoms with Gasteiger partial charge in [0.25, 0.3) is 0 Å². The first-order valence-electron chi connectivity index (χ1n) is 4.83. The summed E-state index contributed by atoms with van der Waals surface area (Å²) in [6.45, 7) is 4.31.